The topological polar surface area (TPSA) is 116 Å². The Bertz CT molecular complexity index is 1470. The van der Waals surface area contributed by atoms with Crippen molar-refractivity contribution in [3.05, 3.63) is 73.0 Å². The Morgan fingerprint density at radius 2 is 1.69 bits per heavy atom. The van der Waals surface area contributed by atoms with Gasteiger partial charge in [-0.15, -0.1) is 0 Å². The SMILES string of the molecule is CN(C)S(=O)(=O)c1c(Cl)ccc(Nc2c(NCC(C)(C)Cc3ccc(F)cc3F)c(=O)c2=O)c1O. The lowest BCUT2D eigenvalue weighted by molar-refractivity contribution is 0.381. The van der Waals surface area contributed by atoms with Crippen LogP contribution in [0.3, 0.4) is 0 Å². The summed E-state index contributed by atoms with van der Waals surface area (Å²) in [6, 6.07) is 5.80. The molecule has 0 saturated heterocycles. The molecule has 188 valence electrons. The molecule has 0 aliphatic rings. The van der Waals surface area contributed by atoms with Gasteiger partial charge in [-0.2, -0.15) is 0 Å². The predicted octanol–water partition coefficient (Wildman–Crippen LogP) is 3.59. The second-order valence-corrected chi connectivity index (χ2v) is 11.5. The van der Waals surface area contributed by atoms with Crippen molar-refractivity contribution in [2.75, 3.05) is 31.3 Å². The van der Waals surface area contributed by atoms with E-state index in [1.165, 1.54) is 32.3 Å². The normalized spacial score (nSPS) is 12.3. The molecule has 0 bridgehead atoms. The standard InChI is InChI=1S/C23H24ClF2N3O5S/c1-23(2,10-12-5-6-13(25)9-15(12)26)11-27-17-18(21(32)20(17)31)28-16-8-7-14(24)22(19(16)30)35(33,34)29(3)4/h5-9,27-28,30H,10-11H2,1-4H3. The van der Waals surface area contributed by atoms with Crippen molar-refractivity contribution in [1.29, 1.82) is 0 Å². The Kier molecular flexibility index (Phi) is 7.26. The number of hydrogen-bond donors (Lipinski definition) is 3. The molecule has 8 nitrogen and oxygen atoms in total. The third-order valence-corrected chi connectivity index (χ3v) is 7.74. The van der Waals surface area contributed by atoms with Gasteiger partial charge in [-0.1, -0.05) is 31.5 Å². The quantitative estimate of drug-likeness (QED) is 0.287. The zero-order valence-electron chi connectivity index (χ0n) is 19.4. The molecule has 0 amide bonds. The summed E-state index contributed by atoms with van der Waals surface area (Å²) in [6.45, 7) is 3.74. The molecule has 0 heterocycles. The van der Waals surface area contributed by atoms with E-state index in [4.69, 9.17) is 11.6 Å². The Hall–Kier alpha value is -3.02. The average Bonchev–Trinajstić information content (AvgIpc) is 2.75. The number of hydrogen-bond acceptors (Lipinski definition) is 7. The molecule has 0 spiro atoms. The molecule has 0 radical (unpaired) electrons. The first-order valence-corrected chi connectivity index (χ1v) is 12.2. The van der Waals surface area contributed by atoms with Crippen molar-refractivity contribution in [2.24, 2.45) is 5.41 Å². The van der Waals surface area contributed by atoms with E-state index < -0.39 is 48.6 Å². The van der Waals surface area contributed by atoms with E-state index in [0.29, 0.717) is 5.56 Å². The van der Waals surface area contributed by atoms with E-state index in [9.17, 15) is 31.9 Å². The molecule has 0 aliphatic heterocycles. The monoisotopic (exact) mass is 527 g/mol. The van der Waals surface area contributed by atoms with Gasteiger partial charge in [-0.3, -0.25) is 9.59 Å². The van der Waals surface area contributed by atoms with Gasteiger partial charge < -0.3 is 15.7 Å². The smallest absolute Gasteiger partial charge is 0.253 e. The predicted molar refractivity (Wildman–Crippen MR) is 131 cm³/mol. The van der Waals surface area contributed by atoms with Crippen LogP contribution in [-0.2, 0) is 16.4 Å². The lowest BCUT2D eigenvalue weighted by Crippen LogP contribution is -2.39. The van der Waals surface area contributed by atoms with Gasteiger partial charge in [0.25, 0.3) is 10.9 Å². The van der Waals surface area contributed by atoms with E-state index >= 15 is 0 Å². The van der Waals surface area contributed by atoms with Crippen LogP contribution in [0.2, 0.25) is 5.02 Å². The molecule has 3 rings (SSSR count). The van der Waals surface area contributed by atoms with Crippen LogP contribution < -0.4 is 21.5 Å². The van der Waals surface area contributed by atoms with Crippen molar-refractivity contribution in [2.45, 2.75) is 25.2 Å². The van der Waals surface area contributed by atoms with E-state index in [1.807, 2.05) is 0 Å². The van der Waals surface area contributed by atoms with E-state index in [0.717, 1.165) is 16.4 Å². The highest BCUT2D eigenvalue weighted by Crippen LogP contribution is 2.39. The molecule has 0 aliphatic carbocycles. The van der Waals surface area contributed by atoms with E-state index in [2.05, 4.69) is 10.6 Å². The first-order chi connectivity index (χ1) is 16.2. The fourth-order valence-electron chi connectivity index (χ4n) is 3.46. The molecule has 3 aromatic rings. The fraction of sp³-hybridized carbons (Fsp3) is 0.304. The van der Waals surface area contributed by atoms with Gasteiger partial charge in [0, 0.05) is 26.7 Å². The van der Waals surface area contributed by atoms with Gasteiger partial charge in [0.1, 0.15) is 27.9 Å². The van der Waals surface area contributed by atoms with Crippen LogP contribution in [0.4, 0.5) is 25.8 Å². The fourth-order valence-corrected chi connectivity index (χ4v) is 4.94. The number of phenolic OH excluding ortho intramolecular Hbond substituents is 1. The number of halogens is 3. The minimum Gasteiger partial charge on any atom is -0.504 e. The number of nitrogens with one attached hydrogen (secondary N) is 2. The number of benzene rings is 2. The Labute approximate surface area is 205 Å². The second kappa shape index (κ2) is 9.56. The maximum absolute atomic E-state index is 14.0. The molecule has 35 heavy (non-hydrogen) atoms. The Morgan fingerprint density at radius 1 is 1.06 bits per heavy atom. The molecular weight excluding hydrogens is 504 g/mol. The summed E-state index contributed by atoms with van der Waals surface area (Å²) in [6.07, 6.45) is 0.216. The molecule has 0 saturated carbocycles. The van der Waals surface area contributed by atoms with Gasteiger partial charge in [0.15, 0.2) is 5.75 Å². The third-order valence-electron chi connectivity index (χ3n) is 5.42. The molecule has 0 atom stereocenters. The summed E-state index contributed by atoms with van der Waals surface area (Å²) >= 11 is 5.99. The van der Waals surface area contributed by atoms with Crippen LogP contribution in [0.25, 0.3) is 0 Å². The summed E-state index contributed by atoms with van der Waals surface area (Å²) in [4.78, 5) is 23.8. The molecule has 0 unspecified atom stereocenters. The first-order valence-electron chi connectivity index (χ1n) is 10.4. The summed E-state index contributed by atoms with van der Waals surface area (Å²) < 4.78 is 53.2. The minimum atomic E-state index is -4.11. The number of rotatable bonds is 9. The number of nitrogens with zero attached hydrogens (tertiary/aromatic N) is 1. The minimum absolute atomic E-state index is 0.0611. The molecule has 12 heteroatoms. The molecule has 0 fully saturated rings. The highest BCUT2D eigenvalue weighted by atomic mass is 35.5. The molecular formula is C23H24ClF2N3O5S. The largest absolute Gasteiger partial charge is 0.504 e. The lowest BCUT2D eigenvalue weighted by Gasteiger charge is -2.27. The van der Waals surface area contributed by atoms with Crippen LogP contribution in [0.5, 0.6) is 5.75 Å². The van der Waals surface area contributed by atoms with Crippen LogP contribution in [0.15, 0.2) is 44.8 Å². The number of sulfonamides is 1. The van der Waals surface area contributed by atoms with E-state index in [1.54, 1.807) is 13.8 Å². The third kappa shape index (κ3) is 5.31. The van der Waals surface area contributed by atoms with Crippen molar-refractivity contribution in [1.82, 2.24) is 4.31 Å². The van der Waals surface area contributed by atoms with Gasteiger partial charge in [-0.05, 0) is 35.6 Å². The summed E-state index contributed by atoms with van der Waals surface area (Å²) in [5.41, 5.74) is -2.34. The highest BCUT2D eigenvalue weighted by molar-refractivity contribution is 7.89. The number of phenols is 1. The summed E-state index contributed by atoms with van der Waals surface area (Å²) in [5.74, 6) is -2.08. The van der Waals surface area contributed by atoms with Crippen LogP contribution in [-0.4, -0.2) is 38.5 Å². The van der Waals surface area contributed by atoms with Crippen LogP contribution in [0, 0.1) is 17.0 Å². The van der Waals surface area contributed by atoms with Crippen molar-refractivity contribution >= 4 is 38.7 Å². The van der Waals surface area contributed by atoms with Gasteiger partial charge >= 0.3 is 0 Å². The first kappa shape index (κ1) is 26.6. The molecule has 0 aromatic heterocycles. The van der Waals surface area contributed by atoms with Gasteiger partial charge in [0.05, 0.1) is 10.7 Å². The van der Waals surface area contributed by atoms with Gasteiger partial charge in [0.2, 0.25) is 10.0 Å². The van der Waals surface area contributed by atoms with Crippen molar-refractivity contribution < 1.29 is 22.3 Å². The number of aromatic hydroxyl groups is 1. The Balaban J connectivity index is 1.84. The van der Waals surface area contributed by atoms with Crippen molar-refractivity contribution in [3.63, 3.8) is 0 Å². The number of anilines is 3. The second-order valence-electron chi connectivity index (χ2n) is 9.02. The van der Waals surface area contributed by atoms with Gasteiger partial charge in [-0.25, -0.2) is 21.5 Å². The molecule has 3 aromatic carbocycles. The molecule has 3 N–H and O–H groups in total. The zero-order valence-corrected chi connectivity index (χ0v) is 20.9. The summed E-state index contributed by atoms with van der Waals surface area (Å²) in [7, 11) is -1.58. The van der Waals surface area contributed by atoms with Crippen LogP contribution >= 0.6 is 11.6 Å². The van der Waals surface area contributed by atoms with Crippen LogP contribution in [0.1, 0.15) is 19.4 Å². The zero-order chi connectivity index (χ0) is 26.3. The van der Waals surface area contributed by atoms with E-state index in [-0.39, 0.29) is 35.1 Å². The Morgan fingerprint density at radius 3 is 2.29 bits per heavy atom. The average molecular weight is 528 g/mol. The highest BCUT2D eigenvalue weighted by Gasteiger charge is 2.29. The van der Waals surface area contributed by atoms with Crippen molar-refractivity contribution in [3.8, 4) is 5.75 Å². The maximum atomic E-state index is 14.0. The lowest BCUT2D eigenvalue weighted by atomic mass is 9.85. The summed E-state index contributed by atoms with van der Waals surface area (Å²) in [5, 5.41) is 15.8. The maximum Gasteiger partial charge on any atom is 0.253 e.